The number of rotatable bonds is 13. The quantitative estimate of drug-likeness (QED) is 0.118. The number of nitrogens with zero attached hydrogens (tertiary/aromatic N) is 1. The predicted octanol–water partition coefficient (Wildman–Crippen LogP) is -2.11. The number of thiol groups is 1. The minimum Gasteiger partial charge on any atom is -0.481 e. The van der Waals surface area contributed by atoms with Crippen molar-refractivity contribution in [2.45, 2.75) is 62.7 Å². The number of hydrogen-bond acceptors (Lipinski definition) is 8. The molecule has 4 atom stereocenters. The molecule has 4 unspecified atom stereocenters. The monoisotopic (exact) mass is 461 g/mol. The van der Waals surface area contributed by atoms with Crippen LogP contribution >= 0.6 is 12.6 Å². The van der Waals surface area contributed by atoms with Crippen LogP contribution in [0.2, 0.25) is 0 Å². The second-order valence-electron chi connectivity index (χ2n) is 7.32. The topological polar surface area (TPSA) is 205 Å². The molecule has 13 heteroatoms. The van der Waals surface area contributed by atoms with Gasteiger partial charge in [-0.25, -0.2) is 4.79 Å². The summed E-state index contributed by atoms with van der Waals surface area (Å²) in [5, 5.41) is 23.0. The molecule has 0 aromatic carbocycles. The van der Waals surface area contributed by atoms with Crippen LogP contribution < -0.4 is 22.1 Å². The number of likely N-dealkylation sites (tertiary alicyclic amines) is 1. The number of carboxylic acid groups (broad SMARTS) is 2. The van der Waals surface area contributed by atoms with Gasteiger partial charge < -0.3 is 37.2 Å². The molecule has 0 spiro atoms. The fraction of sp³-hybridized carbons (Fsp3) is 0.722. The lowest BCUT2D eigenvalue weighted by atomic mass is 10.1. The van der Waals surface area contributed by atoms with Crippen LogP contribution in [-0.2, 0) is 24.0 Å². The van der Waals surface area contributed by atoms with Crippen LogP contribution in [0.1, 0.15) is 38.5 Å². The summed E-state index contributed by atoms with van der Waals surface area (Å²) in [6.45, 7) is 0.667. The van der Waals surface area contributed by atoms with E-state index in [9.17, 15) is 29.1 Å². The summed E-state index contributed by atoms with van der Waals surface area (Å²) >= 11 is 4.05. The van der Waals surface area contributed by atoms with Crippen LogP contribution in [0.5, 0.6) is 0 Å². The number of aliphatic carboxylic acids is 2. The van der Waals surface area contributed by atoms with Crippen molar-refractivity contribution in [3.63, 3.8) is 0 Å². The van der Waals surface area contributed by atoms with Crippen molar-refractivity contribution in [2.24, 2.45) is 11.5 Å². The molecule has 1 heterocycles. The Kier molecular flexibility index (Phi) is 11.3. The van der Waals surface area contributed by atoms with E-state index in [0.29, 0.717) is 38.6 Å². The van der Waals surface area contributed by atoms with Gasteiger partial charge in [0.05, 0.1) is 12.5 Å². The van der Waals surface area contributed by atoms with E-state index in [1.807, 2.05) is 0 Å². The Labute approximate surface area is 185 Å². The maximum atomic E-state index is 12.7. The summed E-state index contributed by atoms with van der Waals surface area (Å²) in [4.78, 5) is 61.2. The summed E-state index contributed by atoms with van der Waals surface area (Å²) in [7, 11) is 0. The van der Waals surface area contributed by atoms with Crippen molar-refractivity contribution in [1.82, 2.24) is 15.5 Å². The summed E-state index contributed by atoms with van der Waals surface area (Å²) in [6, 6.07) is -4.58. The van der Waals surface area contributed by atoms with Gasteiger partial charge in [-0.05, 0) is 32.2 Å². The van der Waals surface area contributed by atoms with Crippen molar-refractivity contribution in [1.29, 1.82) is 0 Å². The van der Waals surface area contributed by atoms with Gasteiger partial charge in [0.15, 0.2) is 0 Å². The first-order chi connectivity index (χ1) is 14.6. The van der Waals surface area contributed by atoms with E-state index in [0.717, 1.165) is 4.90 Å². The Morgan fingerprint density at radius 2 is 1.71 bits per heavy atom. The molecule has 0 radical (unpaired) electrons. The molecule has 31 heavy (non-hydrogen) atoms. The molecule has 1 saturated heterocycles. The van der Waals surface area contributed by atoms with Gasteiger partial charge in [0, 0.05) is 12.3 Å². The third-order valence-corrected chi connectivity index (χ3v) is 5.30. The molecule has 8 N–H and O–H groups in total. The molecular formula is C18H31N5O7S. The Balaban J connectivity index is 2.81. The third kappa shape index (κ3) is 8.34. The standard InChI is InChI=1S/C18H31N5O7S/c19-6-2-1-4-10(20)15(26)21-11(8-14(24)25)16(27)22-12(9-31)17(28)23-7-3-5-13(23)18(29)30/h10-13,31H,1-9,19-20H2,(H,21,26)(H,22,27)(H,24,25)(H,29,30). The number of nitrogens with two attached hydrogens (primary N) is 2. The normalized spacial score (nSPS) is 18.7. The zero-order valence-electron chi connectivity index (χ0n) is 17.2. The van der Waals surface area contributed by atoms with E-state index >= 15 is 0 Å². The molecule has 3 amide bonds. The highest BCUT2D eigenvalue weighted by Gasteiger charge is 2.38. The third-order valence-electron chi connectivity index (χ3n) is 4.94. The summed E-state index contributed by atoms with van der Waals surface area (Å²) in [5.74, 6) is -4.85. The SMILES string of the molecule is NCCCCC(N)C(=O)NC(CC(=O)O)C(=O)NC(CS)C(=O)N1CCCC1C(=O)O. The number of carbonyl (C=O) groups is 5. The largest absolute Gasteiger partial charge is 0.481 e. The first-order valence-corrected chi connectivity index (χ1v) is 10.7. The Bertz CT molecular complexity index is 678. The lowest BCUT2D eigenvalue weighted by Crippen LogP contribution is -2.58. The highest BCUT2D eigenvalue weighted by atomic mass is 32.1. The smallest absolute Gasteiger partial charge is 0.326 e. The summed E-state index contributed by atoms with van der Waals surface area (Å²) < 4.78 is 0. The van der Waals surface area contributed by atoms with Crippen molar-refractivity contribution < 1.29 is 34.2 Å². The van der Waals surface area contributed by atoms with Gasteiger partial charge >= 0.3 is 11.9 Å². The van der Waals surface area contributed by atoms with E-state index in [1.54, 1.807) is 0 Å². The van der Waals surface area contributed by atoms with Gasteiger partial charge in [-0.2, -0.15) is 12.6 Å². The number of hydrogen-bond donors (Lipinski definition) is 7. The Morgan fingerprint density at radius 3 is 2.26 bits per heavy atom. The molecule has 1 rings (SSSR count). The minimum atomic E-state index is -1.46. The van der Waals surface area contributed by atoms with Crippen molar-refractivity contribution >= 4 is 42.3 Å². The van der Waals surface area contributed by atoms with Gasteiger partial charge in [0.1, 0.15) is 18.1 Å². The lowest BCUT2D eigenvalue weighted by Gasteiger charge is -2.28. The van der Waals surface area contributed by atoms with Crippen LogP contribution in [-0.4, -0.2) is 87.8 Å². The summed E-state index contributed by atoms with van der Waals surface area (Å²) in [6.07, 6.45) is 1.66. The molecule has 0 saturated carbocycles. The maximum absolute atomic E-state index is 12.7. The average Bonchev–Trinajstić information content (AvgIpc) is 3.20. The van der Waals surface area contributed by atoms with Crippen LogP contribution in [0.25, 0.3) is 0 Å². The number of carboxylic acids is 2. The highest BCUT2D eigenvalue weighted by molar-refractivity contribution is 7.80. The van der Waals surface area contributed by atoms with Gasteiger partial charge in [-0.3, -0.25) is 19.2 Å². The molecule has 0 aromatic rings. The lowest BCUT2D eigenvalue weighted by molar-refractivity contribution is -0.149. The molecule has 176 valence electrons. The predicted molar refractivity (Wildman–Crippen MR) is 113 cm³/mol. The van der Waals surface area contributed by atoms with Gasteiger partial charge in [-0.15, -0.1) is 0 Å². The maximum Gasteiger partial charge on any atom is 0.326 e. The fourth-order valence-electron chi connectivity index (χ4n) is 3.25. The Hall–Kier alpha value is -2.38. The molecule has 12 nitrogen and oxygen atoms in total. The first-order valence-electron chi connectivity index (χ1n) is 10.0. The molecule has 1 fully saturated rings. The zero-order valence-corrected chi connectivity index (χ0v) is 18.1. The summed E-state index contributed by atoms with van der Waals surface area (Å²) in [5.41, 5.74) is 11.2. The van der Waals surface area contributed by atoms with E-state index < -0.39 is 60.2 Å². The van der Waals surface area contributed by atoms with E-state index in [1.165, 1.54) is 0 Å². The van der Waals surface area contributed by atoms with Crippen LogP contribution in [0.4, 0.5) is 0 Å². The second kappa shape index (κ2) is 13.1. The van der Waals surface area contributed by atoms with Gasteiger partial charge in [0.2, 0.25) is 17.7 Å². The highest BCUT2D eigenvalue weighted by Crippen LogP contribution is 2.19. The van der Waals surface area contributed by atoms with E-state index in [-0.39, 0.29) is 12.3 Å². The molecule has 1 aliphatic heterocycles. The van der Waals surface area contributed by atoms with Crippen molar-refractivity contribution in [2.75, 3.05) is 18.8 Å². The molecule has 0 bridgehead atoms. The van der Waals surface area contributed by atoms with Crippen LogP contribution in [0.3, 0.4) is 0 Å². The second-order valence-corrected chi connectivity index (χ2v) is 7.69. The number of amides is 3. The molecule has 0 aliphatic carbocycles. The average molecular weight is 462 g/mol. The Morgan fingerprint density at radius 1 is 1.06 bits per heavy atom. The van der Waals surface area contributed by atoms with E-state index in [4.69, 9.17) is 16.6 Å². The van der Waals surface area contributed by atoms with Crippen molar-refractivity contribution in [3.8, 4) is 0 Å². The molecular weight excluding hydrogens is 430 g/mol. The molecule has 1 aliphatic rings. The molecule has 0 aromatic heterocycles. The zero-order chi connectivity index (χ0) is 23.6. The van der Waals surface area contributed by atoms with Gasteiger partial charge in [-0.1, -0.05) is 6.42 Å². The van der Waals surface area contributed by atoms with Gasteiger partial charge in [0.25, 0.3) is 0 Å². The fourth-order valence-corrected chi connectivity index (χ4v) is 3.49. The number of nitrogens with one attached hydrogen (secondary N) is 2. The van der Waals surface area contributed by atoms with Crippen LogP contribution in [0.15, 0.2) is 0 Å². The number of unbranched alkanes of at least 4 members (excludes halogenated alkanes) is 1. The minimum absolute atomic E-state index is 0.139. The van der Waals surface area contributed by atoms with Crippen LogP contribution in [0, 0.1) is 0 Å². The van der Waals surface area contributed by atoms with E-state index in [2.05, 4.69) is 23.3 Å². The van der Waals surface area contributed by atoms with Crippen molar-refractivity contribution in [3.05, 3.63) is 0 Å². The first kappa shape index (κ1) is 26.7. The number of carbonyl (C=O) groups excluding carboxylic acids is 3.